The minimum absolute atomic E-state index is 0.0328. The first-order valence-electron chi connectivity index (χ1n) is 11.9. The highest BCUT2D eigenvalue weighted by Gasteiger charge is 2.35. The molecule has 0 spiro atoms. The van der Waals surface area contributed by atoms with E-state index < -0.39 is 5.60 Å². The van der Waals surface area contributed by atoms with E-state index in [0.29, 0.717) is 49.1 Å². The van der Waals surface area contributed by atoms with Gasteiger partial charge < -0.3 is 19.3 Å². The molecule has 1 aliphatic heterocycles. The zero-order valence-corrected chi connectivity index (χ0v) is 21.6. The lowest BCUT2D eigenvalue weighted by Gasteiger charge is -2.39. The third kappa shape index (κ3) is 5.75. The van der Waals surface area contributed by atoms with Crippen molar-refractivity contribution in [1.29, 1.82) is 5.26 Å². The standard InChI is InChI=1S/C24H26ClN5O3.C2H6/c1-15(2)33-17-6-9-27-16(12-17)13-24(32)7-10-30(11-8-24)22-18(14-26)23(31)29(3)19-4-5-20(25)28-21(19)22;1-2/h4-6,9,12,15,32H,7-8,10-11,13H2,1-3H3;1-2H3. The molecule has 0 atom stereocenters. The van der Waals surface area contributed by atoms with Gasteiger partial charge >= 0.3 is 0 Å². The van der Waals surface area contributed by atoms with Gasteiger partial charge in [0.2, 0.25) is 0 Å². The Bertz CT molecular complexity index is 1290. The summed E-state index contributed by atoms with van der Waals surface area (Å²) in [5.74, 6) is 0.726. The van der Waals surface area contributed by atoms with E-state index in [4.69, 9.17) is 16.3 Å². The van der Waals surface area contributed by atoms with E-state index in [0.717, 1.165) is 11.4 Å². The van der Waals surface area contributed by atoms with Crippen molar-refractivity contribution in [3.05, 3.63) is 57.2 Å². The van der Waals surface area contributed by atoms with Gasteiger partial charge in [0, 0.05) is 44.5 Å². The summed E-state index contributed by atoms with van der Waals surface area (Å²) >= 11 is 6.14. The molecule has 1 N–H and O–H groups in total. The van der Waals surface area contributed by atoms with E-state index in [1.54, 1.807) is 31.4 Å². The first kappa shape index (κ1) is 26.5. The summed E-state index contributed by atoms with van der Waals surface area (Å²) in [4.78, 5) is 23.6. The number of halogens is 1. The maximum absolute atomic E-state index is 12.8. The van der Waals surface area contributed by atoms with Crippen LogP contribution in [0.15, 0.2) is 35.3 Å². The number of hydrogen-bond acceptors (Lipinski definition) is 7. The normalized spacial score (nSPS) is 14.9. The molecule has 3 aromatic rings. The second-order valence-corrected chi connectivity index (χ2v) is 9.13. The number of rotatable bonds is 5. The van der Waals surface area contributed by atoms with Gasteiger partial charge in [-0.1, -0.05) is 25.4 Å². The summed E-state index contributed by atoms with van der Waals surface area (Å²) < 4.78 is 7.15. The topological polar surface area (TPSA) is 104 Å². The molecule has 1 saturated heterocycles. The van der Waals surface area contributed by atoms with Crippen molar-refractivity contribution in [2.75, 3.05) is 18.0 Å². The van der Waals surface area contributed by atoms with E-state index in [2.05, 4.69) is 16.0 Å². The third-order valence-electron chi connectivity index (χ3n) is 5.97. The number of fused-ring (bicyclic) bond motifs is 1. The number of aliphatic hydroxyl groups is 1. The Morgan fingerprint density at radius 1 is 1.26 bits per heavy atom. The minimum Gasteiger partial charge on any atom is -0.491 e. The van der Waals surface area contributed by atoms with Crippen molar-refractivity contribution in [2.45, 2.75) is 58.7 Å². The van der Waals surface area contributed by atoms with Crippen LogP contribution in [0.1, 0.15) is 51.8 Å². The first-order chi connectivity index (χ1) is 16.7. The van der Waals surface area contributed by atoms with Crippen LogP contribution in [-0.4, -0.2) is 44.4 Å². The fourth-order valence-corrected chi connectivity index (χ4v) is 4.48. The molecule has 9 heteroatoms. The molecule has 3 aromatic heterocycles. The van der Waals surface area contributed by atoms with Gasteiger partial charge in [-0.15, -0.1) is 0 Å². The number of piperidine rings is 1. The lowest BCUT2D eigenvalue weighted by Crippen LogP contribution is -2.46. The van der Waals surface area contributed by atoms with Crippen LogP contribution < -0.4 is 15.2 Å². The number of nitriles is 1. The van der Waals surface area contributed by atoms with Crippen molar-refractivity contribution < 1.29 is 9.84 Å². The SMILES string of the molecule is CC.CC(C)Oc1ccnc(CC2(O)CCN(c3c(C#N)c(=O)n(C)c4ccc(Cl)nc34)CC2)c1. The molecule has 1 fully saturated rings. The molecule has 0 bridgehead atoms. The van der Waals surface area contributed by atoms with E-state index in [9.17, 15) is 15.2 Å². The van der Waals surface area contributed by atoms with Crippen LogP contribution in [0.4, 0.5) is 5.69 Å². The second-order valence-electron chi connectivity index (χ2n) is 8.74. The number of aromatic nitrogens is 3. The molecule has 8 nitrogen and oxygen atoms in total. The van der Waals surface area contributed by atoms with Crippen molar-refractivity contribution >= 4 is 28.3 Å². The molecule has 186 valence electrons. The van der Waals surface area contributed by atoms with Crippen molar-refractivity contribution in [1.82, 2.24) is 14.5 Å². The summed E-state index contributed by atoms with van der Waals surface area (Å²) in [6, 6.07) is 9.07. The molecule has 4 heterocycles. The Labute approximate surface area is 210 Å². The van der Waals surface area contributed by atoms with Gasteiger partial charge in [0.15, 0.2) is 0 Å². The number of aryl methyl sites for hydroxylation is 1. The second kappa shape index (κ2) is 11.1. The predicted octanol–water partition coefficient (Wildman–Crippen LogP) is 4.24. The van der Waals surface area contributed by atoms with Crippen LogP contribution in [0.2, 0.25) is 5.15 Å². The van der Waals surface area contributed by atoms with Gasteiger partial charge in [-0.25, -0.2) is 4.98 Å². The molecule has 0 aliphatic carbocycles. The number of pyridine rings is 3. The molecule has 0 amide bonds. The van der Waals surface area contributed by atoms with Gasteiger partial charge in [0.1, 0.15) is 28.1 Å². The van der Waals surface area contributed by atoms with Crippen molar-refractivity contribution in [3.8, 4) is 11.8 Å². The van der Waals surface area contributed by atoms with Crippen molar-refractivity contribution in [3.63, 3.8) is 0 Å². The van der Waals surface area contributed by atoms with E-state index >= 15 is 0 Å². The fraction of sp³-hybridized carbons (Fsp3) is 0.462. The average molecular weight is 498 g/mol. The third-order valence-corrected chi connectivity index (χ3v) is 6.18. The Hall–Kier alpha value is -3.15. The molecular formula is C26H32ClN5O3. The minimum atomic E-state index is -0.951. The largest absolute Gasteiger partial charge is 0.491 e. The number of nitrogens with zero attached hydrogens (tertiary/aromatic N) is 5. The highest BCUT2D eigenvalue weighted by Crippen LogP contribution is 2.34. The predicted molar refractivity (Wildman–Crippen MR) is 138 cm³/mol. The van der Waals surface area contributed by atoms with E-state index in [1.807, 2.05) is 38.7 Å². The highest BCUT2D eigenvalue weighted by molar-refractivity contribution is 6.29. The number of ether oxygens (including phenoxy) is 1. The molecule has 4 rings (SSSR count). The maximum Gasteiger partial charge on any atom is 0.270 e. The number of anilines is 1. The molecule has 0 aromatic carbocycles. The van der Waals surface area contributed by atoms with Crippen LogP contribution in [0, 0.1) is 11.3 Å². The summed E-state index contributed by atoms with van der Waals surface area (Å²) in [5.41, 5.74) is 1.05. The summed E-state index contributed by atoms with van der Waals surface area (Å²) in [6.07, 6.45) is 3.03. The molecule has 0 unspecified atom stereocenters. The summed E-state index contributed by atoms with van der Waals surface area (Å²) in [7, 11) is 1.62. The van der Waals surface area contributed by atoms with Gasteiger partial charge in [-0.3, -0.25) is 9.78 Å². The molecule has 35 heavy (non-hydrogen) atoms. The molecule has 0 saturated carbocycles. The highest BCUT2D eigenvalue weighted by atomic mass is 35.5. The lowest BCUT2D eigenvalue weighted by molar-refractivity contribution is 0.0156. The van der Waals surface area contributed by atoms with Gasteiger partial charge in [0.05, 0.1) is 22.9 Å². The van der Waals surface area contributed by atoms with Crippen LogP contribution in [-0.2, 0) is 13.5 Å². The monoisotopic (exact) mass is 497 g/mol. The summed E-state index contributed by atoms with van der Waals surface area (Å²) in [6.45, 7) is 8.84. The Kier molecular flexibility index (Phi) is 8.36. The smallest absolute Gasteiger partial charge is 0.270 e. The Morgan fingerprint density at radius 2 is 1.94 bits per heavy atom. The maximum atomic E-state index is 12.8. The zero-order chi connectivity index (χ0) is 25.8. The van der Waals surface area contributed by atoms with Crippen LogP contribution >= 0.6 is 11.6 Å². The average Bonchev–Trinajstić information content (AvgIpc) is 2.83. The quantitative estimate of drug-likeness (QED) is 0.525. The Balaban J connectivity index is 0.00000167. The summed E-state index contributed by atoms with van der Waals surface area (Å²) in [5, 5.41) is 21.3. The van der Waals surface area contributed by atoms with Crippen LogP contribution in [0.3, 0.4) is 0 Å². The Morgan fingerprint density at radius 3 is 2.57 bits per heavy atom. The van der Waals surface area contributed by atoms with Crippen molar-refractivity contribution in [2.24, 2.45) is 7.05 Å². The van der Waals surface area contributed by atoms with Crippen LogP contribution in [0.25, 0.3) is 11.0 Å². The lowest BCUT2D eigenvalue weighted by atomic mass is 9.86. The van der Waals surface area contributed by atoms with Gasteiger partial charge in [-0.05, 0) is 44.9 Å². The molecular weight excluding hydrogens is 466 g/mol. The van der Waals surface area contributed by atoms with E-state index in [-0.39, 0.29) is 22.4 Å². The van der Waals surface area contributed by atoms with Gasteiger partial charge in [-0.2, -0.15) is 5.26 Å². The van der Waals surface area contributed by atoms with E-state index in [1.165, 1.54) is 4.57 Å². The van der Waals surface area contributed by atoms with Gasteiger partial charge in [0.25, 0.3) is 5.56 Å². The fourth-order valence-electron chi connectivity index (χ4n) is 4.34. The molecule has 0 radical (unpaired) electrons. The molecule has 1 aliphatic rings. The zero-order valence-electron chi connectivity index (χ0n) is 20.9. The first-order valence-corrected chi connectivity index (χ1v) is 12.3. The van der Waals surface area contributed by atoms with Crippen LogP contribution in [0.5, 0.6) is 5.75 Å². The number of hydrogen-bond donors (Lipinski definition) is 1.